The number of rotatable bonds is 4. The van der Waals surface area contributed by atoms with Crippen LogP contribution in [-0.4, -0.2) is 67.0 Å². The van der Waals surface area contributed by atoms with Gasteiger partial charge < -0.3 is 14.5 Å². The molecule has 0 bridgehead atoms. The van der Waals surface area contributed by atoms with Crippen molar-refractivity contribution in [1.29, 1.82) is 0 Å². The maximum Gasteiger partial charge on any atom is 0.491 e. The Balaban J connectivity index is 1.88. The second-order valence-electron chi connectivity index (χ2n) is 6.17. The Morgan fingerprint density at radius 3 is 1.93 bits per heavy atom. The molecule has 1 aromatic rings. The fourth-order valence-electron chi connectivity index (χ4n) is 2.37. The molecule has 1 fully saturated rings. The highest BCUT2D eigenvalue weighted by molar-refractivity contribution is 5.96. The van der Waals surface area contributed by atoms with Crippen molar-refractivity contribution in [3.05, 3.63) is 47.5 Å². The van der Waals surface area contributed by atoms with E-state index in [-0.39, 0.29) is 5.91 Å². The highest BCUT2D eigenvalue weighted by atomic mass is 19.4. The van der Waals surface area contributed by atoms with Crippen LogP contribution < -0.4 is 0 Å². The maximum atomic E-state index is 12.1. The van der Waals surface area contributed by atoms with Gasteiger partial charge in [-0.3, -0.25) is 4.79 Å². The first-order valence-electron chi connectivity index (χ1n) is 8.42. The number of hydrogen-bond donors (Lipinski definition) is 0. The van der Waals surface area contributed by atoms with Crippen molar-refractivity contribution in [3.63, 3.8) is 0 Å². The van der Waals surface area contributed by atoms with Gasteiger partial charge in [0.05, 0.1) is 0 Å². The molecule has 0 radical (unpaired) electrons. The van der Waals surface area contributed by atoms with Crippen molar-refractivity contribution < 1.29 is 32.3 Å². The van der Waals surface area contributed by atoms with E-state index in [1.165, 1.54) is 12.2 Å². The highest BCUT2D eigenvalue weighted by Crippen LogP contribution is 2.16. The summed E-state index contributed by atoms with van der Waals surface area (Å²) in [6, 6.07) is 6.57. The third kappa shape index (κ3) is 6.66. The van der Waals surface area contributed by atoms with Crippen LogP contribution in [0, 0.1) is 0 Å². The Labute approximate surface area is 159 Å². The summed E-state index contributed by atoms with van der Waals surface area (Å²) in [5, 5.41) is 0. The standard InChI is InChI=1S/C19H19F3N2O4/c1-23-10-12-24(13-11-23)16(25)8-6-14-2-4-15(5-3-14)7-9-17(26)28-18(27)19(20,21)22/h2-9H,10-13H2,1H3/b8-6+,9-7+. The average molecular weight is 396 g/mol. The minimum absolute atomic E-state index is 0.0749. The number of benzene rings is 1. The largest absolute Gasteiger partial charge is 0.491 e. The van der Waals surface area contributed by atoms with E-state index in [1.54, 1.807) is 35.2 Å². The molecule has 1 heterocycles. The third-order valence-electron chi connectivity index (χ3n) is 4.01. The van der Waals surface area contributed by atoms with Crippen molar-refractivity contribution >= 4 is 30.0 Å². The van der Waals surface area contributed by atoms with Gasteiger partial charge in [-0.05, 0) is 30.3 Å². The molecule has 9 heteroatoms. The molecular weight excluding hydrogens is 377 g/mol. The summed E-state index contributed by atoms with van der Waals surface area (Å²) in [5.74, 6) is -4.05. The molecule has 0 aromatic heterocycles. The molecule has 6 nitrogen and oxygen atoms in total. The number of carbonyl (C=O) groups is 3. The summed E-state index contributed by atoms with van der Waals surface area (Å²) >= 11 is 0. The summed E-state index contributed by atoms with van der Waals surface area (Å²) < 4.78 is 39.6. The van der Waals surface area contributed by atoms with Crippen LogP contribution in [0.3, 0.4) is 0 Å². The van der Waals surface area contributed by atoms with Crippen LogP contribution in [0.2, 0.25) is 0 Å². The van der Waals surface area contributed by atoms with Crippen molar-refractivity contribution in [3.8, 4) is 0 Å². The van der Waals surface area contributed by atoms with Gasteiger partial charge in [-0.2, -0.15) is 13.2 Å². The normalized spacial score (nSPS) is 15.9. The molecule has 1 amide bonds. The third-order valence-corrected chi connectivity index (χ3v) is 4.01. The Morgan fingerprint density at radius 1 is 0.929 bits per heavy atom. The van der Waals surface area contributed by atoms with Crippen LogP contribution in [-0.2, 0) is 19.1 Å². The molecule has 150 valence electrons. The number of piperazine rings is 1. The van der Waals surface area contributed by atoms with Crippen LogP contribution in [0.4, 0.5) is 13.2 Å². The maximum absolute atomic E-state index is 12.1. The predicted molar refractivity (Wildman–Crippen MR) is 95.7 cm³/mol. The summed E-state index contributed by atoms with van der Waals surface area (Å²) in [5.41, 5.74) is 1.26. The van der Waals surface area contributed by atoms with Gasteiger partial charge in [0.15, 0.2) is 0 Å². The number of ether oxygens (including phenoxy) is 1. The number of halogens is 3. The van der Waals surface area contributed by atoms with E-state index < -0.39 is 18.1 Å². The lowest BCUT2D eigenvalue weighted by Crippen LogP contribution is -2.46. The Morgan fingerprint density at radius 2 is 1.43 bits per heavy atom. The topological polar surface area (TPSA) is 66.9 Å². The second kappa shape index (κ2) is 9.32. The molecule has 1 aliphatic heterocycles. The monoisotopic (exact) mass is 396 g/mol. The number of likely N-dealkylation sites (N-methyl/N-ethyl adjacent to an activating group) is 1. The van der Waals surface area contributed by atoms with E-state index in [0.29, 0.717) is 18.7 Å². The lowest BCUT2D eigenvalue weighted by molar-refractivity contribution is -0.200. The van der Waals surface area contributed by atoms with E-state index >= 15 is 0 Å². The van der Waals surface area contributed by atoms with Gasteiger partial charge in [0.1, 0.15) is 0 Å². The van der Waals surface area contributed by atoms with E-state index in [0.717, 1.165) is 24.7 Å². The van der Waals surface area contributed by atoms with Crippen LogP contribution in [0.1, 0.15) is 11.1 Å². The number of hydrogen-bond acceptors (Lipinski definition) is 5. The Kier molecular flexibility index (Phi) is 7.11. The van der Waals surface area contributed by atoms with E-state index in [1.807, 2.05) is 7.05 Å². The SMILES string of the molecule is CN1CCN(C(=O)/C=C/c2ccc(/C=C/C(=O)OC(=O)C(F)(F)F)cc2)CC1. The van der Waals surface area contributed by atoms with Gasteiger partial charge >= 0.3 is 18.1 Å². The first-order valence-corrected chi connectivity index (χ1v) is 8.42. The van der Waals surface area contributed by atoms with Crippen molar-refractivity contribution in [2.45, 2.75) is 6.18 Å². The molecule has 0 saturated carbocycles. The van der Waals surface area contributed by atoms with Crippen LogP contribution in [0.5, 0.6) is 0 Å². The minimum atomic E-state index is -5.22. The average Bonchev–Trinajstić information content (AvgIpc) is 2.65. The molecule has 1 aromatic carbocycles. The minimum Gasteiger partial charge on any atom is -0.383 e. The summed E-state index contributed by atoms with van der Waals surface area (Å²) in [7, 11) is 2.00. The van der Waals surface area contributed by atoms with E-state index in [4.69, 9.17) is 0 Å². The molecule has 0 spiro atoms. The van der Waals surface area contributed by atoms with Gasteiger partial charge in [-0.1, -0.05) is 24.3 Å². The van der Waals surface area contributed by atoms with Gasteiger partial charge in [0.2, 0.25) is 5.91 Å². The van der Waals surface area contributed by atoms with Crippen LogP contribution in [0.25, 0.3) is 12.2 Å². The summed E-state index contributed by atoms with van der Waals surface area (Å²) in [4.78, 5) is 37.8. The zero-order valence-electron chi connectivity index (χ0n) is 15.1. The van der Waals surface area contributed by atoms with Gasteiger partial charge in [-0.25, -0.2) is 9.59 Å². The zero-order valence-corrected chi connectivity index (χ0v) is 15.1. The first kappa shape index (κ1) is 21.4. The van der Waals surface area contributed by atoms with Crippen molar-refractivity contribution in [2.24, 2.45) is 0 Å². The number of alkyl halides is 3. The quantitative estimate of drug-likeness (QED) is 0.443. The number of nitrogens with zero attached hydrogens (tertiary/aromatic N) is 2. The highest BCUT2D eigenvalue weighted by Gasteiger charge is 2.42. The van der Waals surface area contributed by atoms with E-state index in [9.17, 15) is 27.6 Å². The van der Waals surface area contributed by atoms with Gasteiger partial charge in [0.25, 0.3) is 0 Å². The number of carbonyl (C=O) groups excluding carboxylic acids is 3. The predicted octanol–water partition coefficient (Wildman–Crippen LogP) is 2.12. The zero-order chi connectivity index (χ0) is 20.7. The fraction of sp³-hybridized carbons (Fsp3) is 0.316. The Hall–Kier alpha value is -2.94. The molecule has 28 heavy (non-hydrogen) atoms. The molecule has 0 atom stereocenters. The lowest BCUT2D eigenvalue weighted by atomic mass is 10.1. The molecule has 1 aliphatic rings. The van der Waals surface area contributed by atoms with Gasteiger partial charge in [0, 0.05) is 38.3 Å². The van der Waals surface area contributed by atoms with Crippen LogP contribution >= 0.6 is 0 Å². The molecule has 0 unspecified atom stereocenters. The second-order valence-corrected chi connectivity index (χ2v) is 6.17. The molecule has 2 rings (SSSR count). The molecule has 0 aliphatic carbocycles. The van der Waals surface area contributed by atoms with Crippen LogP contribution in [0.15, 0.2) is 36.4 Å². The summed E-state index contributed by atoms with van der Waals surface area (Å²) in [6.45, 7) is 3.02. The molecule has 1 saturated heterocycles. The van der Waals surface area contributed by atoms with Crippen molar-refractivity contribution in [2.75, 3.05) is 33.2 Å². The first-order chi connectivity index (χ1) is 13.1. The molecular formula is C19H19F3N2O4. The number of amides is 1. The number of esters is 2. The van der Waals surface area contributed by atoms with Crippen molar-refractivity contribution in [1.82, 2.24) is 9.80 Å². The fourth-order valence-corrected chi connectivity index (χ4v) is 2.37. The summed E-state index contributed by atoms with van der Waals surface area (Å²) in [6.07, 6.45) is -0.139. The van der Waals surface area contributed by atoms with E-state index in [2.05, 4.69) is 9.64 Å². The Bertz CT molecular complexity index is 777. The molecule has 0 N–H and O–H groups in total. The van der Waals surface area contributed by atoms with Gasteiger partial charge in [-0.15, -0.1) is 0 Å². The smallest absolute Gasteiger partial charge is 0.383 e. The lowest BCUT2D eigenvalue weighted by Gasteiger charge is -2.31.